The van der Waals surface area contributed by atoms with Gasteiger partial charge in [-0.05, 0) is 24.8 Å². The summed E-state index contributed by atoms with van der Waals surface area (Å²) in [7, 11) is 0. The molecule has 0 bridgehead atoms. The number of carbonyl (C=O) groups is 1. The minimum absolute atomic E-state index is 0.0477. The number of ether oxygens (including phenoxy) is 1. The third kappa shape index (κ3) is 3.64. The first-order valence-corrected chi connectivity index (χ1v) is 6.02. The molecule has 0 amide bonds. The van der Waals surface area contributed by atoms with Crippen molar-refractivity contribution in [2.45, 2.75) is 38.8 Å². The molecule has 0 aliphatic carbocycles. The first-order valence-electron chi connectivity index (χ1n) is 5.14. The molecule has 15 heavy (non-hydrogen) atoms. The molecule has 2 unspecified atom stereocenters. The molecular weight excluding hydrogens is 210 g/mol. The number of thiophene rings is 1. The van der Waals surface area contributed by atoms with E-state index in [2.05, 4.69) is 6.92 Å². The molecule has 0 aliphatic heterocycles. The van der Waals surface area contributed by atoms with Crippen molar-refractivity contribution in [1.82, 2.24) is 0 Å². The zero-order valence-corrected chi connectivity index (χ0v) is 9.92. The van der Waals surface area contributed by atoms with Crippen LogP contribution in [0.15, 0.2) is 17.5 Å². The van der Waals surface area contributed by atoms with Gasteiger partial charge in [-0.2, -0.15) is 0 Å². The van der Waals surface area contributed by atoms with E-state index in [1.54, 1.807) is 0 Å². The fourth-order valence-corrected chi connectivity index (χ4v) is 2.04. The monoisotopic (exact) mass is 227 g/mol. The van der Waals surface area contributed by atoms with Crippen LogP contribution in [0.25, 0.3) is 0 Å². The fourth-order valence-electron chi connectivity index (χ4n) is 1.32. The Kier molecular flexibility index (Phi) is 4.78. The Hall–Kier alpha value is -0.870. The quantitative estimate of drug-likeness (QED) is 0.786. The number of esters is 1. The lowest BCUT2D eigenvalue weighted by atomic mass is 10.2. The number of hydrogen-bond donors (Lipinski definition) is 1. The second kappa shape index (κ2) is 5.88. The lowest BCUT2D eigenvalue weighted by molar-refractivity contribution is -0.150. The van der Waals surface area contributed by atoms with Crippen LogP contribution in [0.1, 0.15) is 37.6 Å². The maximum atomic E-state index is 11.6. The molecule has 0 aromatic carbocycles. The van der Waals surface area contributed by atoms with Gasteiger partial charge in [0.25, 0.3) is 0 Å². The summed E-state index contributed by atoms with van der Waals surface area (Å²) in [5, 5.41) is 1.90. The predicted molar refractivity (Wildman–Crippen MR) is 61.7 cm³/mol. The van der Waals surface area contributed by atoms with Gasteiger partial charge in [-0.3, -0.25) is 0 Å². The summed E-state index contributed by atoms with van der Waals surface area (Å²) >= 11 is 1.47. The lowest BCUT2D eigenvalue weighted by Crippen LogP contribution is -2.26. The van der Waals surface area contributed by atoms with E-state index >= 15 is 0 Å². The van der Waals surface area contributed by atoms with Crippen LogP contribution in [0.4, 0.5) is 0 Å². The second-order valence-electron chi connectivity index (χ2n) is 3.53. The molecule has 2 atom stereocenters. The van der Waals surface area contributed by atoms with Gasteiger partial charge in [-0.1, -0.05) is 19.4 Å². The summed E-state index contributed by atoms with van der Waals surface area (Å²) in [6, 6.07) is 3.09. The molecule has 0 saturated heterocycles. The van der Waals surface area contributed by atoms with Crippen molar-refractivity contribution >= 4 is 17.3 Å². The minimum Gasteiger partial charge on any atom is -0.461 e. The molecule has 1 aromatic heterocycles. The Labute approximate surface area is 94.2 Å². The van der Waals surface area contributed by atoms with Crippen molar-refractivity contribution in [1.29, 1.82) is 0 Å². The molecular formula is C11H17NO2S. The fraction of sp³-hybridized carbons (Fsp3) is 0.545. The van der Waals surface area contributed by atoms with E-state index in [1.165, 1.54) is 11.3 Å². The molecule has 3 nitrogen and oxygen atoms in total. The highest BCUT2D eigenvalue weighted by atomic mass is 32.1. The third-order valence-electron chi connectivity index (χ3n) is 2.12. The van der Waals surface area contributed by atoms with Crippen LogP contribution >= 0.6 is 11.3 Å². The minimum atomic E-state index is -0.635. The highest BCUT2D eigenvalue weighted by molar-refractivity contribution is 7.10. The topological polar surface area (TPSA) is 52.3 Å². The molecule has 84 valence electrons. The van der Waals surface area contributed by atoms with Gasteiger partial charge in [0.15, 0.2) is 0 Å². The summed E-state index contributed by atoms with van der Waals surface area (Å²) in [6.45, 7) is 3.95. The molecule has 1 rings (SSSR count). The van der Waals surface area contributed by atoms with Crippen LogP contribution in [-0.4, -0.2) is 12.1 Å². The van der Waals surface area contributed by atoms with Crippen LogP contribution in [-0.2, 0) is 9.53 Å². The van der Waals surface area contributed by atoms with Gasteiger partial charge >= 0.3 is 5.97 Å². The first-order chi connectivity index (χ1) is 7.15. The summed E-state index contributed by atoms with van der Waals surface area (Å²) in [5.41, 5.74) is 5.76. The maximum absolute atomic E-state index is 11.6. The van der Waals surface area contributed by atoms with Crippen molar-refractivity contribution in [3.63, 3.8) is 0 Å². The number of carbonyl (C=O) groups excluding carboxylic acids is 1. The van der Waals surface area contributed by atoms with E-state index in [0.29, 0.717) is 0 Å². The van der Waals surface area contributed by atoms with Gasteiger partial charge in [0.1, 0.15) is 6.04 Å². The average molecular weight is 227 g/mol. The average Bonchev–Trinajstić information content (AvgIpc) is 2.69. The number of nitrogens with two attached hydrogens (primary N) is 1. The van der Waals surface area contributed by atoms with Gasteiger partial charge in [0.05, 0.1) is 6.10 Å². The predicted octanol–water partition coefficient (Wildman–Crippen LogP) is 2.48. The van der Waals surface area contributed by atoms with E-state index in [1.807, 2.05) is 24.4 Å². The Balaban J connectivity index is 2.47. The molecule has 0 fully saturated rings. The van der Waals surface area contributed by atoms with Gasteiger partial charge in [-0.25, -0.2) is 4.79 Å². The smallest absolute Gasteiger partial charge is 0.328 e. The van der Waals surface area contributed by atoms with E-state index in [0.717, 1.165) is 17.7 Å². The zero-order chi connectivity index (χ0) is 11.3. The Morgan fingerprint density at radius 1 is 1.67 bits per heavy atom. The Morgan fingerprint density at radius 3 is 2.93 bits per heavy atom. The van der Waals surface area contributed by atoms with Crippen molar-refractivity contribution in [2.24, 2.45) is 5.73 Å². The number of hydrogen-bond acceptors (Lipinski definition) is 4. The molecule has 0 aliphatic rings. The molecule has 2 N–H and O–H groups in total. The molecule has 0 spiro atoms. The summed E-state index contributed by atoms with van der Waals surface area (Å²) in [6.07, 6.45) is 1.83. The molecule has 1 aromatic rings. The normalized spacial score (nSPS) is 14.6. The van der Waals surface area contributed by atoms with Crippen molar-refractivity contribution < 1.29 is 9.53 Å². The van der Waals surface area contributed by atoms with E-state index in [-0.39, 0.29) is 12.1 Å². The summed E-state index contributed by atoms with van der Waals surface area (Å²) < 4.78 is 5.22. The van der Waals surface area contributed by atoms with Crippen LogP contribution < -0.4 is 5.73 Å². The van der Waals surface area contributed by atoms with Gasteiger partial charge in [0, 0.05) is 4.88 Å². The zero-order valence-electron chi connectivity index (χ0n) is 9.10. The van der Waals surface area contributed by atoms with Crippen molar-refractivity contribution in [3.8, 4) is 0 Å². The molecule has 1 heterocycles. The highest BCUT2D eigenvalue weighted by Gasteiger charge is 2.20. The van der Waals surface area contributed by atoms with Gasteiger partial charge in [0.2, 0.25) is 0 Å². The summed E-state index contributed by atoms with van der Waals surface area (Å²) in [4.78, 5) is 12.4. The van der Waals surface area contributed by atoms with Crippen LogP contribution in [0.3, 0.4) is 0 Å². The standard InChI is InChI=1S/C11H17NO2S/c1-3-5-8(2)14-11(13)10(12)9-6-4-7-15-9/h4,6-8,10H,3,5,12H2,1-2H3. The van der Waals surface area contributed by atoms with Crippen LogP contribution in [0.2, 0.25) is 0 Å². The van der Waals surface area contributed by atoms with Crippen LogP contribution in [0.5, 0.6) is 0 Å². The van der Waals surface area contributed by atoms with E-state index in [9.17, 15) is 4.79 Å². The van der Waals surface area contributed by atoms with Crippen molar-refractivity contribution in [3.05, 3.63) is 22.4 Å². The van der Waals surface area contributed by atoms with Crippen molar-refractivity contribution in [2.75, 3.05) is 0 Å². The van der Waals surface area contributed by atoms with Gasteiger partial charge in [-0.15, -0.1) is 11.3 Å². The third-order valence-corrected chi connectivity index (χ3v) is 3.07. The Morgan fingerprint density at radius 2 is 2.40 bits per heavy atom. The van der Waals surface area contributed by atoms with Gasteiger partial charge < -0.3 is 10.5 Å². The summed E-state index contributed by atoms with van der Waals surface area (Å²) in [5.74, 6) is -0.335. The second-order valence-corrected chi connectivity index (χ2v) is 4.51. The molecule has 4 heteroatoms. The van der Waals surface area contributed by atoms with E-state index in [4.69, 9.17) is 10.5 Å². The number of rotatable bonds is 5. The Bertz CT molecular complexity index is 298. The van der Waals surface area contributed by atoms with Crippen LogP contribution in [0, 0.1) is 0 Å². The highest BCUT2D eigenvalue weighted by Crippen LogP contribution is 2.18. The largest absolute Gasteiger partial charge is 0.461 e. The maximum Gasteiger partial charge on any atom is 0.328 e. The molecule has 0 radical (unpaired) electrons. The first kappa shape index (κ1) is 12.2. The van der Waals surface area contributed by atoms with E-state index < -0.39 is 6.04 Å². The molecule has 0 saturated carbocycles. The SMILES string of the molecule is CCCC(C)OC(=O)C(N)c1cccs1. The lowest BCUT2D eigenvalue weighted by Gasteiger charge is -2.15.